The number of nitrogens with two attached hydrogens (primary N) is 1. The van der Waals surface area contributed by atoms with Gasteiger partial charge >= 0.3 is 0 Å². The van der Waals surface area contributed by atoms with Crippen LogP contribution in [0.5, 0.6) is 23.0 Å². The smallest absolute Gasteiger partial charge is 0.216 e. The first-order chi connectivity index (χ1) is 19.4. The number of nitrogens with one attached hydrogen (secondary N) is 1. The fraction of sp³-hybridized carbons (Fsp3) is 0.0909. The maximum atomic E-state index is 13.6. The minimum absolute atomic E-state index is 0.297. The average Bonchev–Trinajstić information content (AvgIpc) is 2.97. The quantitative estimate of drug-likeness (QED) is 0.183. The van der Waals surface area contributed by atoms with Gasteiger partial charge in [-0.3, -0.25) is 0 Å². The molecule has 40 heavy (non-hydrogen) atoms. The van der Waals surface area contributed by atoms with Gasteiger partial charge in [-0.05, 0) is 53.1 Å². The highest BCUT2D eigenvalue weighted by Gasteiger charge is 2.27. The first-order valence-electron chi connectivity index (χ1n) is 12.9. The van der Waals surface area contributed by atoms with Crippen molar-refractivity contribution in [3.05, 3.63) is 156 Å². The lowest BCUT2D eigenvalue weighted by Gasteiger charge is -2.26. The molecule has 0 aliphatic rings. The standard InChI is InChI=1S/C33H30N2O4S/c34-32(26-13-5-1-6-14-26)33(27-15-7-2-8-16-27)35-40(36,37)24-25-21-30(38-28-17-9-3-10-18-28)23-31(22-25)39-29-19-11-4-12-20-29/h1-23,32-33,35H,24,34H2. The first-order valence-corrected chi connectivity index (χ1v) is 14.6. The van der Waals surface area contributed by atoms with Gasteiger partial charge in [0, 0.05) is 6.07 Å². The van der Waals surface area contributed by atoms with Gasteiger partial charge in [-0.1, -0.05) is 97.1 Å². The van der Waals surface area contributed by atoms with E-state index in [0.717, 1.165) is 11.1 Å². The number of ether oxygens (including phenoxy) is 2. The lowest BCUT2D eigenvalue weighted by molar-refractivity contribution is 0.459. The molecule has 6 nitrogen and oxygen atoms in total. The monoisotopic (exact) mass is 550 g/mol. The summed E-state index contributed by atoms with van der Waals surface area (Å²) in [6, 6.07) is 41.3. The SMILES string of the molecule is NC(c1ccccc1)C(NS(=O)(=O)Cc1cc(Oc2ccccc2)cc(Oc2ccccc2)c1)c1ccccc1. The predicted octanol–water partition coefficient (Wildman–Crippen LogP) is 7.13. The van der Waals surface area contributed by atoms with E-state index in [9.17, 15) is 8.42 Å². The third kappa shape index (κ3) is 7.36. The van der Waals surface area contributed by atoms with Crippen molar-refractivity contribution in [1.82, 2.24) is 4.72 Å². The Balaban J connectivity index is 1.44. The third-order valence-electron chi connectivity index (χ3n) is 6.26. The second-order valence-corrected chi connectivity index (χ2v) is 11.1. The number of benzene rings is 5. The number of hydrogen-bond acceptors (Lipinski definition) is 5. The summed E-state index contributed by atoms with van der Waals surface area (Å²) in [4.78, 5) is 0. The van der Waals surface area contributed by atoms with E-state index in [1.165, 1.54) is 0 Å². The number of rotatable bonds is 11. The molecular weight excluding hydrogens is 520 g/mol. The van der Waals surface area contributed by atoms with Gasteiger partial charge in [-0.25, -0.2) is 13.1 Å². The zero-order valence-corrected chi connectivity index (χ0v) is 22.6. The van der Waals surface area contributed by atoms with Gasteiger partial charge < -0.3 is 15.2 Å². The molecule has 0 bridgehead atoms. The molecule has 0 aromatic heterocycles. The summed E-state index contributed by atoms with van der Waals surface area (Å²) in [5.41, 5.74) is 8.74. The maximum Gasteiger partial charge on any atom is 0.216 e. The van der Waals surface area contributed by atoms with E-state index in [1.807, 2.05) is 121 Å². The van der Waals surface area contributed by atoms with E-state index in [1.54, 1.807) is 18.2 Å². The van der Waals surface area contributed by atoms with Crippen LogP contribution in [0.25, 0.3) is 0 Å². The molecule has 5 aromatic rings. The predicted molar refractivity (Wildman–Crippen MR) is 158 cm³/mol. The van der Waals surface area contributed by atoms with Crippen molar-refractivity contribution in [3.8, 4) is 23.0 Å². The molecule has 0 aliphatic carbocycles. The van der Waals surface area contributed by atoms with Crippen LogP contribution in [0.4, 0.5) is 0 Å². The van der Waals surface area contributed by atoms with Crippen molar-refractivity contribution in [2.75, 3.05) is 0 Å². The Morgan fingerprint density at radius 1 is 0.575 bits per heavy atom. The van der Waals surface area contributed by atoms with Gasteiger partial charge in [0.05, 0.1) is 17.8 Å². The Bertz CT molecular complexity index is 1560. The van der Waals surface area contributed by atoms with Gasteiger partial charge in [0.15, 0.2) is 0 Å². The van der Waals surface area contributed by atoms with Crippen molar-refractivity contribution in [2.45, 2.75) is 17.8 Å². The average molecular weight is 551 g/mol. The Kier molecular flexibility index (Phi) is 8.56. The molecule has 2 unspecified atom stereocenters. The molecule has 3 N–H and O–H groups in total. The Morgan fingerprint density at radius 2 is 1.00 bits per heavy atom. The Morgan fingerprint density at radius 3 is 1.48 bits per heavy atom. The van der Waals surface area contributed by atoms with Crippen molar-refractivity contribution < 1.29 is 17.9 Å². The van der Waals surface area contributed by atoms with Crippen LogP contribution in [0.15, 0.2) is 140 Å². The number of sulfonamides is 1. The molecule has 0 spiro atoms. The normalized spacial score (nSPS) is 12.8. The minimum Gasteiger partial charge on any atom is -0.457 e. The third-order valence-corrected chi connectivity index (χ3v) is 7.59. The van der Waals surface area contributed by atoms with Gasteiger partial charge in [0.1, 0.15) is 23.0 Å². The maximum absolute atomic E-state index is 13.6. The molecule has 7 heteroatoms. The van der Waals surface area contributed by atoms with Gasteiger partial charge in [0.2, 0.25) is 10.0 Å². The summed E-state index contributed by atoms with van der Waals surface area (Å²) < 4.78 is 42.2. The fourth-order valence-corrected chi connectivity index (χ4v) is 5.77. The van der Waals surface area contributed by atoms with Crippen LogP contribution >= 0.6 is 0 Å². The highest BCUT2D eigenvalue weighted by atomic mass is 32.2. The summed E-state index contributed by atoms with van der Waals surface area (Å²) in [6.07, 6.45) is 0. The number of hydrogen-bond donors (Lipinski definition) is 2. The van der Waals surface area contributed by atoms with Gasteiger partial charge in [0.25, 0.3) is 0 Å². The van der Waals surface area contributed by atoms with Crippen molar-refractivity contribution in [1.29, 1.82) is 0 Å². The summed E-state index contributed by atoms with van der Waals surface area (Å²) in [5.74, 6) is 1.89. The second kappa shape index (κ2) is 12.6. The molecule has 0 saturated heterocycles. The summed E-state index contributed by atoms with van der Waals surface area (Å²) in [5, 5.41) is 0. The summed E-state index contributed by atoms with van der Waals surface area (Å²) >= 11 is 0. The molecule has 5 rings (SSSR count). The van der Waals surface area contributed by atoms with Crippen LogP contribution in [-0.4, -0.2) is 8.42 Å². The Labute approximate surface area is 235 Å². The van der Waals surface area contributed by atoms with E-state index in [-0.39, 0.29) is 5.75 Å². The lowest BCUT2D eigenvalue weighted by atomic mass is 9.95. The zero-order valence-electron chi connectivity index (χ0n) is 21.8. The van der Waals surface area contributed by atoms with Crippen molar-refractivity contribution in [2.24, 2.45) is 5.73 Å². The minimum atomic E-state index is -3.86. The summed E-state index contributed by atoms with van der Waals surface area (Å²) in [7, 11) is -3.86. The summed E-state index contributed by atoms with van der Waals surface area (Å²) in [6.45, 7) is 0. The number of para-hydroxylation sites is 2. The van der Waals surface area contributed by atoms with Crippen molar-refractivity contribution >= 4 is 10.0 Å². The molecule has 0 aliphatic heterocycles. The first kappa shape index (κ1) is 27.1. The van der Waals surface area contributed by atoms with E-state index >= 15 is 0 Å². The molecule has 2 atom stereocenters. The van der Waals surface area contributed by atoms with Crippen LogP contribution in [0.3, 0.4) is 0 Å². The lowest BCUT2D eigenvalue weighted by Crippen LogP contribution is -2.36. The zero-order chi connectivity index (χ0) is 27.8. The molecule has 0 heterocycles. The molecule has 0 amide bonds. The van der Waals surface area contributed by atoms with Crippen LogP contribution < -0.4 is 19.9 Å². The van der Waals surface area contributed by atoms with Gasteiger partial charge in [-0.15, -0.1) is 0 Å². The van der Waals surface area contributed by atoms with Crippen molar-refractivity contribution in [3.63, 3.8) is 0 Å². The van der Waals surface area contributed by atoms with E-state index in [0.29, 0.717) is 28.6 Å². The van der Waals surface area contributed by atoms with E-state index in [4.69, 9.17) is 15.2 Å². The van der Waals surface area contributed by atoms with Gasteiger partial charge in [-0.2, -0.15) is 0 Å². The van der Waals surface area contributed by atoms with E-state index < -0.39 is 22.1 Å². The van der Waals surface area contributed by atoms with Crippen LogP contribution in [-0.2, 0) is 15.8 Å². The van der Waals surface area contributed by atoms with E-state index in [2.05, 4.69) is 4.72 Å². The largest absolute Gasteiger partial charge is 0.457 e. The Hall–Kier alpha value is -4.43. The molecule has 0 saturated carbocycles. The molecule has 0 fully saturated rings. The fourth-order valence-electron chi connectivity index (χ4n) is 4.41. The van der Waals surface area contributed by atoms with Crippen LogP contribution in [0, 0.1) is 0 Å². The molecule has 5 aromatic carbocycles. The molecular formula is C33H30N2O4S. The highest BCUT2D eigenvalue weighted by molar-refractivity contribution is 7.88. The molecule has 202 valence electrons. The topological polar surface area (TPSA) is 90.7 Å². The second-order valence-electron chi connectivity index (χ2n) is 9.34. The highest BCUT2D eigenvalue weighted by Crippen LogP contribution is 2.32. The van der Waals surface area contributed by atoms with Crippen LogP contribution in [0.1, 0.15) is 28.8 Å². The van der Waals surface area contributed by atoms with Crippen LogP contribution in [0.2, 0.25) is 0 Å². The molecule has 0 radical (unpaired) electrons.